The molecule has 9 heteroatoms. The van der Waals surface area contributed by atoms with Gasteiger partial charge in [-0.05, 0) is 96.7 Å². The Morgan fingerprint density at radius 3 is 2.27 bits per heavy atom. The molecule has 6 rings (SSSR count). The minimum Gasteiger partial charge on any atom is -0.338 e. The molecule has 4 heterocycles. The lowest BCUT2D eigenvalue weighted by molar-refractivity contribution is -0.0987. The number of benzene rings is 1. The summed E-state index contributed by atoms with van der Waals surface area (Å²) in [5.41, 5.74) is 4.42. The third-order valence-electron chi connectivity index (χ3n) is 10.7. The summed E-state index contributed by atoms with van der Waals surface area (Å²) in [5.74, 6) is 1.78. The molecule has 0 N–H and O–H groups in total. The number of amides is 1. The summed E-state index contributed by atoms with van der Waals surface area (Å²) >= 11 is 0. The maximum Gasteiger partial charge on any atom is 0.257 e. The molecule has 4 aliphatic rings. The number of piperazine rings is 1. The molecule has 0 radical (unpaired) electrons. The fourth-order valence-electron chi connectivity index (χ4n) is 7.86. The lowest BCUT2D eigenvalue weighted by Gasteiger charge is -2.54. The summed E-state index contributed by atoms with van der Waals surface area (Å²) < 4.78 is 0. The minimum atomic E-state index is 0.0764. The minimum absolute atomic E-state index is 0.0764. The van der Waals surface area contributed by atoms with Gasteiger partial charge in [0.2, 0.25) is 0 Å². The zero-order valence-corrected chi connectivity index (χ0v) is 28.0. The van der Waals surface area contributed by atoms with Crippen LogP contribution < -0.4 is 0 Å². The van der Waals surface area contributed by atoms with Gasteiger partial charge in [0, 0.05) is 63.1 Å². The van der Waals surface area contributed by atoms with Crippen LogP contribution in [0, 0.1) is 25.7 Å². The molecule has 2 unspecified atom stereocenters. The summed E-state index contributed by atoms with van der Waals surface area (Å²) in [6.07, 6.45) is 10.7. The molecule has 3 aliphatic heterocycles. The maximum absolute atomic E-state index is 13.2. The Morgan fingerprint density at radius 2 is 1.67 bits per heavy atom. The number of rotatable bonds is 7. The molecule has 4 fully saturated rings. The highest BCUT2D eigenvalue weighted by atomic mass is 16.2. The molecule has 0 spiro atoms. The van der Waals surface area contributed by atoms with Gasteiger partial charge in [0.15, 0.2) is 0 Å². The van der Waals surface area contributed by atoms with E-state index < -0.39 is 0 Å². The van der Waals surface area contributed by atoms with Crippen LogP contribution in [0.5, 0.6) is 0 Å². The van der Waals surface area contributed by atoms with Crippen LogP contribution in [-0.2, 0) is 9.59 Å². The molecule has 3 saturated heterocycles. The van der Waals surface area contributed by atoms with E-state index in [4.69, 9.17) is 9.59 Å². The van der Waals surface area contributed by atoms with Crippen molar-refractivity contribution in [1.29, 1.82) is 0 Å². The Bertz CT molecular complexity index is 1240. The molecule has 9 nitrogen and oxygen atoms in total. The van der Waals surface area contributed by atoms with Crippen molar-refractivity contribution in [1.82, 2.24) is 29.6 Å². The molecular weight excluding hydrogens is 564 g/mol. The number of aryl methyl sites for hydroxylation is 2. The maximum atomic E-state index is 13.2. The zero-order chi connectivity index (χ0) is 32.6. The summed E-state index contributed by atoms with van der Waals surface area (Å²) in [5, 5.41) is 0. The number of likely N-dealkylation sites (tertiary alicyclic amines) is 2. The summed E-state index contributed by atoms with van der Waals surface area (Å²) in [6, 6.07) is 10.3. The van der Waals surface area contributed by atoms with Crippen molar-refractivity contribution in [3.05, 3.63) is 59.2 Å². The van der Waals surface area contributed by atoms with Crippen molar-refractivity contribution in [2.45, 2.75) is 83.8 Å². The van der Waals surface area contributed by atoms with E-state index in [9.17, 15) is 4.79 Å². The Hall–Kier alpha value is -3.01. The molecule has 45 heavy (non-hydrogen) atoms. The molecule has 1 saturated carbocycles. The molecule has 2 atom stereocenters. The third kappa shape index (κ3) is 8.43. The van der Waals surface area contributed by atoms with Gasteiger partial charge in [-0.15, -0.1) is 0 Å². The van der Waals surface area contributed by atoms with E-state index in [2.05, 4.69) is 69.7 Å². The molecule has 0 bridgehead atoms. The number of hydrogen-bond acceptors (Lipinski definition) is 8. The van der Waals surface area contributed by atoms with Gasteiger partial charge in [0.25, 0.3) is 5.91 Å². The van der Waals surface area contributed by atoms with Gasteiger partial charge >= 0.3 is 0 Å². The molecule has 1 aromatic heterocycles. The first-order chi connectivity index (χ1) is 21.8. The lowest BCUT2D eigenvalue weighted by Crippen LogP contribution is -2.63. The molecule has 2 aromatic rings. The van der Waals surface area contributed by atoms with Crippen LogP contribution in [0.25, 0.3) is 0 Å². The normalized spacial score (nSPS) is 23.6. The lowest BCUT2D eigenvalue weighted by atomic mass is 9.82. The standard InChI is InChI=1S/C34H50N6O.2CH2O/c1-25-6-5-7-30(20-25)32(29-10-14-37(15-11-29)23-28-8-9-28)40-19-18-39(22-26(40)2)34(4)12-16-38(17-13-34)33(41)31-21-35-24-36-27(31)3;2*1-2/h5-7,20-21,24,26,28-29,32H,8-19,22-23H2,1-4H3;2*1H2. The highest BCUT2D eigenvalue weighted by molar-refractivity contribution is 5.94. The molecule has 1 aromatic carbocycles. The topological polar surface area (TPSA) is 90.0 Å². The van der Waals surface area contributed by atoms with Gasteiger partial charge in [-0.2, -0.15) is 0 Å². The number of aromatic nitrogens is 2. The van der Waals surface area contributed by atoms with Gasteiger partial charge < -0.3 is 19.4 Å². The monoisotopic (exact) mass is 618 g/mol. The zero-order valence-electron chi connectivity index (χ0n) is 28.0. The highest BCUT2D eigenvalue weighted by Gasteiger charge is 2.43. The van der Waals surface area contributed by atoms with Crippen LogP contribution >= 0.6 is 0 Å². The van der Waals surface area contributed by atoms with Crippen molar-refractivity contribution in [2.75, 3.05) is 52.4 Å². The number of piperidine rings is 2. The second-order valence-electron chi connectivity index (χ2n) is 13.8. The van der Waals surface area contributed by atoms with Gasteiger partial charge in [0.05, 0.1) is 11.3 Å². The van der Waals surface area contributed by atoms with E-state index in [0.29, 0.717) is 17.6 Å². The summed E-state index contributed by atoms with van der Waals surface area (Å²) in [6.45, 7) is 21.8. The van der Waals surface area contributed by atoms with Crippen molar-refractivity contribution in [3.8, 4) is 0 Å². The van der Waals surface area contributed by atoms with Gasteiger partial charge in [-0.3, -0.25) is 14.6 Å². The van der Waals surface area contributed by atoms with Crippen molar-refractivity contribution in [3.63, 3.8) is 0 Å². The van der Waals surface area contributed by atoms with Crippen LogP contribution in [-0.4, -0.2) is 113 Å². The third-order valence-corrected chi connectivity index (χ3v) is 10.7. The summed E-state index contributed by atoms with van der Waals surface area (Å²) in [7, 11) is 0. The molecule has 1 aliphatic carbocycles. The Labute approximate surface area is 270 Å². The average Bonchev–Trinajstić information content (AvgIpc) is 3.89. The fraction of sp³-hybridized carbons (Fsp3) is 0.639. The van der Waals surface area contributed by atoms with E-state index in [0.717, 1.165) is 63.1 Å². The Balaban J connectivity index is 0.00000111. The van der Waals surface area contributed by atoms with Crippen molar-refractivity contribution in [2.24, 2.45) is 11.8 Å². The molecule has 246 valence electrons. The van der Waals surface area contributed by atoms with E-state index in [1.54, 1.807) is 6.20 Å². The summed E-state index contributed by atoms with van der Waals surface area (Å²) in [4.78, 5) is 47.9. The second kappa shape index (κ2) is 16.0. The van der Waals surface area contributed by atoms with E-state index in [-0.39, 0.29) is 11.4 Å². The van der Waals surface area contributed by atoms with Gasteiger partial charge in [-0.1, -0.05) is 29.8 Å². The predicted octanol–water partition coefficient (Wildman–Crippen LogP) is 4.59. The smallest absolute Gasteiger partial charge is 0.257 e. The van der Waals surface area contributed by atoms with Crippen LogP contribution in [0.3, 0.4) is 0 Å². The first-order valence-corrected chi connectivity index (χ1v) is 16.7. The Kier molecular flexibility index (Phi) is 12.4. The van der Waals surface area contributed by atoms with Crippen LogP contribution in [0.1, 0.15) is 85.6 Å². The number of nitrogens with zero attached hydrogens (tertiary/aromatic N) is 6. The van der Waals surface area contributed by atoms with E-state index in [1.165, 1.54) is 62.8 Å². The number of carbonyl (C=O) groups excluding carboxylic acids is 3. The van der Waals surface area contributed by atoms with Crippen molar-refractivity contribution < 1.29 is 14.4 Å². The first kappa shape index (κ1) is 34.9. The molecular formula is C36H54N6O3. The average molecular weight is 619 g/mol. The van der Waals surface area contributed by atoms with Crippen LogP contribution in [0.4, 0.5) is 0 Å². The Morgan fingerprint density at radius 1 is 0.978 bits per heavy atom. The van der Waals surface area contributed by atoms with Gasteiger partial charge in [0.1, 0.15) is 19.9 Å². The number of hydrogen-bond donors (Lipinski definition) is 0. The molecule has 1 amide bonds. The largest absolute Gasteiger partial charge is 0.338 e. The van der Waals surface area contributed by atoms with Crippen LogP contribution in [0.15, 0.2) is 36.8 Å². The van der Waals surface area contributed by atoms with E-state index in [1.807, 2.05) is 25.4 Å². The first-order valence-electron chi connectivity index (χ1n) is 16.7. The predicted molar refractivity (Wildman–Crippen MR) is 178 cm³/mol. The van der Waals surface area contributed by atoms with Crippen LogP contribution in [0.2, 0.25) is 0 Å². The van der Waals surface area contributed by atoms with Gasteiger partial charge in [-0.25, -0.2) is 9.97 Å². The number of carbonyl (C=O) groups is 3. The van der Waals surface area contributed by atoms with Crippen molar-refractivity contribution >= 4 is 19.5 Å². The SMILES string of the molecule is C=O.C=O.Cc1cccc(C(C2CCN(CC3CC3)CC2)N2CCN(C3(C)CCN(C(=O)c4cncnc4C)CC3)CC2C)c1. The van der Waals surface area contributed by atoms with E-state index >= 15 is 0 Å². The fourth-order valence-corrected chi connectivity index (χ4v) is 7.86. The second-order valence-corrected chi connectivity index (χ2v) is 13.8. The highest BCUT2D eigenvalue weighted by Crippen LogP contribution is 2.40. The quantitative estimate of drug-likeness (QED) is 0.445.